The first-order valence-corrected chi connectivity index (χ1v) is 7.07. The van der Waals surface area contributed by atoms with Crippen LogP contribution in [-0.4, -0.2) is 19.2 Å². The number of hydrogen-bond acceptors (Lipinski definition) is 3. The second kappa shape index (κ2) is 5.83. The number of halogens is 2. The summed E-state index contributed by atoms with van der Waals surface area (Å²) in [7, 11) is 1.28. The molecule has 0 spiro atoms. The van der Waals surface area contributed by atoms with Crippen LogP contribution in [0.4, 0.5) is 8.78 Å². The van der Waals surface area contributed by atoms with Crippen LogP contribution in [0.5, 0.6) is 5.75 Å². The minimum Gasteiger partial charge on any atom is -0.486 e. The fourth-order valence-electron chi connectivity index (χ4n) is 2.59. The Bertz CT molecular complexity index is 812. The number of ether oxygens (including phenoxy) is 2. The molecule has 1 aliphatic rings. The first-order valence-electron chi connectivity index (χ1n) is 7.07. The van der Waals surface area contributed by atoms with Gasteiger partial charge in [-0.25, -0.2) is 13.6 Å². The highest BCUT2D eigenvalue weighted by Crippen LogP contribution is 2.38. The summed E-state index contributed by atoms with van der Waals surface area (Å²) in [6, 6.07) is 8.76. The van der Waals surface area contributed by atoms with E-state index in [0.29, 0.717) is 22.4 Å². The van der Waals surface area contributed by atoms with E-state index in [0.717, 1.165) is 6.07 Å². The third kappa shape index (κ3) is 2.70. The molecule has 0 N–H and O–H groups in total. The molecular formula is C18H14F2O3. The van der Waals surface area contributed by atoms with Crippen molar-refractivity contribution >= 4 is 11.5 Å². The zero-order chi connectivity index (χ0) is 16.6. The molecule has 1 aliphatic heterocycles. The van der Waals surface area contributed by atoms with E-state index in [-0.39, 0.29) is 11.7 Å². The summed E-state index contributed by atoms with van der Waals surface area (Å²) in [6.07, 6.45) is 1.39. The van der Waals surface area contributed by atoms with Crippen molar-refractivity contribution < 1.29 is 23.0 Å². The molecule has 0 radical (unpaired) electrons. The van der Waals surface area contributed by atoms with E-state index in [4.69, 9.17) is 9.47 Å². The number of carbonyl (C=O) groups is 1. The van der Waals surface area contributed by atoms with Crippen molar-refractivity contribution in [3.05, 3.63) is 70.8 Å². The molecule has 0 amide bonds. The highest BCUT2D eigenvalue weighted by atomic mass is 19.2. The van der Waals surface area contributed by atoms with Gasteiger partial charge >= 0.3 is 5.97 Å². The summed E-state index contributed by atoms with van der Waals surface area (Å²) >= 11 is 0. The molecule has 23 heavy (non-hydrogen) atoms. The predicted octanol–water partition coefficient (Wildman–Crippen LogP) is 3.96. The topological polar surface area (TPSA) is 35.5 Å². The van der Waals surface area contributed by atoms with Gasteiger partial charge in [0.2, 0.25) is 0 Å². The lowest BCUT2D eigenvalue weighted by Gasteiger charge is -2.24. The molecule has 5 heteroatoms. The summed E-state index contributed by atoms with van der Waals surface area (Å²) in [5.41, 5.74) is 1.45. The Balaban J connectivity index is 2.19. The maximum Gasteiger partial charge on any atom is 0.337 e. The molecule has 1 heterocycles. The summed E-state index contributed by atoms with van der Waals surface area (Å²) in [4.78, 5) is 11.7. The van der Waals surface area contributed by atoms with Crippen molar-refractivity contribution in [2.24, 2.45) is 0 Å². The van der Waals surface area contributed by atoms with Gasteiger partial charge in [0.05, 0.1) is 12.7 Å². The fourth-order valence-corrected chi connectivity index (χ4v) is 2.59. The van der Waals surface area contributed by atoms with Crippen LogP contribution in [0.2, 0.25) is 0 Å². The highest BCUT2D eigenvalue weighted by Gasteiger charge is 2.24. The van der Waals surface area contributed by atoms with Crippen molar-refractivity contribution in [2.45, 2.75) is 13.0 Å². The highest BCUT2D eigenvalue weighted by molar-refractivity contribution is 5.93. The van der Waals surface area contributed by atoms with Crippen molar-refractivity contribution in [2.75, 3.05) is 7.11 Å². The van der Waals surface area contributed by atoms with Crippen LogP contribution in [0.1, 0.15) is 28.4 Å². The lowest BCUT2D eigenvalue weighted by molar-refractivity contribution is 0.0600. The number of benzene rings is 2. The number of rotatable bonds is 2. The summed E-state index contributed by atoms with van der Waals surface area (Å²) in [5, 5.41) is 0. The Morgan fingerprint density at radius 3 is 2.70 bits per heavy atom. The summed E-state index contributed by atoms with van der Waals surface area (Å²) in [6.45, 7) is 1.80. The van der Waals surface area contributed by atoms with E-state index in [1.165, 1.54) is 19.2 Å². The van der Waals surface area contributed by atoms with Gasteiger partial charge in [-0.1, -0.05) is 12.1 Å². The predicted molar refractivity (Wildman–Crippen MR) is 81.3 cm³/mol. The van der Waals surface area contributed by atoms with Crippen LogP contribution < -0.4 is 4.74 Å². The quantitative estimate of drug-likeness (QED) is 0.787. The molecule has 3 rings (SSSR count). The first-order chi connectivity index (χ1) is 11.0. The number of esters is 1. The molecule has 1 atom stereocenters. The van der Waals surface area contributed by atoms with Gasteiger partial charge in [0.25, 0.3) is 0 Å². The van der Waals surface area contributed by atoms with Gasteiger partial charge in [-0.05, 0) is 42.8 Å². The minimum absolute atomic E-state index is 0.128. The number of hydrogen-bond donors (Lipinski definition) is 0. The molecule has 0 fully saturated rings. The zero-order valence-corrected chi connectivity index (χ0v) is 12.6. The maximum atomic E-state index is 14.2. The lowest BCUT2D eigenvalue weighted by atomic mass is 9.92. The van der Waals surface area contributed by atoms with Crippen LogP contribution in [0.3, 0.4) is 0 Å². The zero-order valence-electron chi connectivity index (χ0n) is 12.6. The molecule has 0 aromatic heterocycles. The van der Waals surface area contributed by atoms with E-state index in [1.807, 2.05) is 0 Å². The third-order valence-corrected chi connectivity index (χ3v) is 3.65. The Morgan fingerprint density at radius 1 is 1.17 bits per heavy atom. The van der Waals surface area contributed by atoms with Crippen LogP contribution in [0.15, 0.2) is 42.5 Å². The van der Waals surface area contributed by atoms with Crippen molar-refractivity contribution in [1.29, 1.82) is 0 Å². The monoisotopic (exact) mass is 316 g/mol. The molecule has 1 unspecified atom stereocenters. The van der Waals surface area contributed by atoms with E-state index < -0.39 is 17.6 Å². The molecule has 2 aromatic carbocycles. The van der Waals surface area contributed by atoms with Crippen LogP contribution in [-0.2, 0) is 4.74 Å². The molecule has 0 saturated heterocycles. The Hall–Kier alpha value is -2.69. The molecule has 0 saturated carbocycles. The van der Waals surface area contributed by atoms with E-state index >= 15 is 0 Å². The van der Waals surface area contributed by atoms with Crippen molar-refractivity contribution in [3.8, 4) is 5.75 Å². The van der Waals surface area contributed by atoms with Crippen molar-refractivity contribution in [1.82, 2.24) is 0 Å². The van der Waals surface area contributed by atoms with Crippen molar-refractivity contribution in [3.63, 3.8) is 0 Å². The third-order valence-electron chi connectivity index (χ3n) is 3.65. The largest absolute Gasteiger partial charge is 0.486 e. The standard InChI is InChI=1S/C18H14F2O3/c1-10-8-13(12-4-3-5-15(19)17(12)20)14-9-11(18(21)22-2)6-7-16(14)23-10/h3-10H,1-2H3. The number of carbonyl (C=O) groups excluding carboxylic acids is 1. The van der Waals surface area contributed by atoms with Gasteiger partial charge < -0.3 is 9.47 Å². The van der Waals surface area contributed by atoms with Gasteiger partial charge in [-0.2, -0.15) is 0 Å². The molecule has 0 bridgehead atoms. The minimum atomic E-state index is -0.928. The van der Waals surface area contributed by atoms with Crippen LogP contribution in [0.25, 0.3) is 5.57 Å². The molecule has 0 aliphatic carbocycles. The summed E-state index contributed by atoms with van der Waals surface area (Å²) in [5.74, 6) is -1.85. The molecular weight excluding hydrogens is 302 g/mol. The maximum absolute atomic E-state index is 14.2. The lowest BCUT2D eigenvalue weighted by Crippen LogP contribution is -2.16. The fraction of sp³-hybridized carbons (Fsp3) is 0.167. The van der Waals surface area contributed by atoms with Gasteiger partial charge in [-0.3, -0.25) is 0 Å². The number of fused-ring (bicyclic) bond motifs is 1. The Labute approximate surface area is 132 Å². The van der Waals surface area contributed by atoms with Gasteiger partial charge in [-0.15, -0.1) is 0 Å². The molecule has 118 valence electrons. The van der Waals surface area contributed by atoms with Crippen LogP contribution in [0, 0.1) is 11.6 Å². The first kappa shape index (κ1) is 15.2. The second-order valence-electron chi connectivity index (χ2n) is 5.21. The second-order valence-corrected chi connectivity index (χ2v) is 5.21. The average Bonchev–Trinajstić information content (AvgIpc) is 2.55. The normalized spacial score (nSPS) is 16.2. The van der Waals surface area contributed by atoms with Gasteiger partial charge in [0.1, 0.15) is 11.9 Å². The van der Waals surface area contributed by atoms with Gasteiger partial charge in [0.15, 0.2) is 11.6 Å². The van der Waals surface area contributed by atoms with E-state index in [9.17, 15) is 13.6 Å². The Kier molecular flexibility index (Phi) is 3.86. The molecule has 3 nitrogen and oxygen atoms in total. The van der Waals surface area contributed by atoms with E-state index in [1.54, 1.807) is 31.2 Å². The number of methoxy groups -OCH3 is 1. The van der Waals surface area contributed by atoms with E-state index in [2.05, 4.69) is 0 Å². The van der Waals surface area contributed by atoms with Gasteiger partial charge in [0, 0.05) is 11.1 Å². The average molecular weight is 316 g/mol. The smallest absolute Gasteiger partial charge is 0.337 e. The van der Waals surface area contributed by atoms with Crippen LogP contribution >= 0.6 is 0 Å². The summed E-state index contributed by atoms with van der Waals surface area (Å²) < 4.78 is 38.1. The molecule has 2 aromatic rings. The SMILES string of the molecule is COC(=O)c1ccc2c(c1)C(c1cccc(F)c1F)=CC(C)O2. The Morgan fingerprint density at radius 2 is 1.96 bits per heavy atom.